The van der Waals surface area contributed by atoms with Gasteiger partial charge in [0.25, 0.3) is 0 Å². The van der Waals surface area contributed by atoms with E-state index in [9.17, 15) is 9.59 Å². The Hall–Kier alpha value is -2.52. The predicted octanol–water partition coefficient (Wildman–Crippen LogP) is 2.68. The van der Waals surface area contributed by atoms with Crippen LogP contribution in [0.1, 0.15) is 30.1 Å². The maximum Gasteiger partial charge on any atom is 0.543 e. The summed E-state index contributed by atoms with van der Waals surface area (Å²) < 4.78 is 19.9. The minimum absolute atomic E-state index is 0.00701. The average molecular weight is 358 g/mol. The Balaban J connectivity index is 2.29. The Labute approximate surface area is 145 Å². The van der Waals surface area contributed by atoms with Crippen LogP contribution in [0.15, 0.2) is 18.2 Å². The zero-order valence-corrected chi connectivity index (χ0v) is 14.4. The van der Waals surface area contributed by atoms with Crippen LogP contribution in [0.4, 0.5) is 4.79 Å². The minimum Gasteiger partial charge on any atom is -0.497 e. The topological polar surface area (TPSA) is 98.8 Å². The van der Waals surface area contributed by atoms with Gasteiger partial charge in [-0.15, -0.1) is 0 Å². The van der Waals surface area contributed by atoms with E-state index < -0.39 is 12.1 Å². The lowest BCUT2D eigenvalue weighted by Crippen LogP contribution is -2.15. The van der Waals surface area contributed by atoms with Gasteiger partial charge in [-0.25, -0.2) is 14.5 Å². The first-order valence-corrected chi connectivity index (χ1v) is 7.63. The summed E-state index contributed by atoms with van der Waals surface area (Å²) in [6.07, 6.45) is 0.787. The normalized spacial score (nSPS) is 10.0. The third-order valence-electron chi connectivity index (χ3n) is 2.89. The number of carbonyl (C=O) groups is 2. The molecular formula is C16H22O9. The molecule has 0 aliphatic rings. The van der Waals surface area contributed by atoms with E-state index >= 15 is 0 Å². The first kappa shape index (κ1) is 20.5. The van der Waals surface area contributed by atoms with Gasteiger partial charge in [-0.1, -0.05) is 13.3 Å². The Bertz CT molecular complexity index is 522. The van der Waals surface area contributed by atoms with Crippen molar-refractivity contribution >= 4 is 12.1 Å². The fraction of sp³-hybridized carbons (Fsp3) is 0.500. The quantitative estimate of drug-likeness (QED) is 0.256. The summed E-state index contributed by atoms with van der Waals surface area (Å²) in [5, 5.41) is 4.11. The zero-order chi connectivity index (χ0) is 18.5. The summed E-state index contributed by atoms with van der Waals surface area (Å²) in [4.78, 5) is 31.5. The number of rotatable bonds is 11. The van der Waals surface area contributed by atoms with E-state index in [0.29, 0.717) is 18.1 Å². The number of hydrogen-bond donors (Lipinski definition) is 0. The number of ether oxygens (including phenoxy) is 4. The van der Waals surface area contributed by atoms with Crippen molar-refractivity contribution in [1.82, 2.24) is 0 Å². The van der Waals surface area contributed by atoms with Gasteiger partial charge in [0.15, 0.2) is 0 Å². The van der Waals surface area contributed by atoms with E-state index in [2.05, 4.69) is 19.6 Å². The first-order valence-electron chi connectivity index (χ1n) is 7.63. The Morgan fingerprint density at radius 2 is 1.60 bits per heavy atom. The van der Waals surface area contributed by atoms with Gasteiger partial charge >= 0.3 is 12.1 Å². The Kier molecular flexibility index (Phi) is 9.79. The molecule has 0 unspecified atom stereocenters. The van der Waals surface area contributed by atoms with Crippen LogP contribution < -0.4 is 9.47 Å². The summed E-state index contributed by atoms with van der Waals surface area (Å²) in [5.41, 5.74) is 0.0810. The van der Waals surface area contributed by atoms with Gasteiger partial charge in [0.05, 0.1) is 31.4 Å². The fourth-order valence-corrected chi connectivity index (χ4v) is 1.61. The zero-order valence-electron chi connectivity index (χ0n) is 14.4. The molecule has 0 aromatic heterocycles. The molecule has 25 heavy (non-hydrogen) atoms. The van der Waals surface area contributed by atoms with Crippen LogP contribution in [-0.2, 0) is 24.3 Å². The van der Waals surface area contributed by atoms with Gasteiger partial charge in [0.1, 0.15) is 18.1 Å². The predicted molar refractivity (Wildman–Crippen MR) is 84.2 cm³/mol. The molecular weight excluding hydrogens is 336 g/mol. The molecule has 0 saturated heterocycles. The number of benzene rings is 1. The third kappa shape index (κ3) is 8.23. The van der Waals surface area contributed by atoms with Gasteiger partial charge in [-0.2, -0.15) is 0 Å². The lowest BCUT2D eigenvalue weighted by molar-refractivity contribution is -0.452. The van der Waals surface area contributed by atoms with E-state index in [0.717, 1.165) is 12.8 Å². The standard InChI is InChI=1S/C16H22O9/c1-4-5-6-21-7-8-22-16(18)24-25-23-15(17)12-9-13(19-2)11-14(10-12)20-3/h9-11H,4-8H2,1-3H3. The van der Waals surface area contributed by atoms with Crippen molar-refractivity contribution in [2.24, 2.45) is 0 Å². The van der Waals surface area contributed by atoms with Crippen LogP contribution in [-0.4, -0.2) is 46.2 Å². The molecule has 0 saturated carbocycles. The summed E-state index contributed by atoms with van der Waals surface area (Å²) in [7, 11) is 2.87. The number of carbonyl (C=O) groups excluding carboxylic acids is 2. The highest BCUT2D eigenvalue weighted by molar-refractivity contribution is 5.90. The van der Waals surface area contributed by atoms with Crippen LogP contribution in [0, 0.1) is 0 Å². The van der Waals surface area contributed by atoms with Crippen molar-refractivity contribution in [3.8, 4) is 11.5 Å². The van der Waals surface area contributed by atoms with Crippen molar-refractivity contribution in [3.63, 3.8) is 0 Å². The summed E-state index contributed by atoms with van der Waals surface area (Å²) in [5.74, 6) is -0.141. The monoisotopic (exact) mass is 358 g/mol. The molecule has 9 heteroatoms. The molecule has 0 N–H and O–H groups in total. The maximum atomic E-state index is 11.8. The fourth-order valence-electron chi connectivity index (χ4n) is 1.61. The smallest absolute Gasteiger partial charge is 0.497 e. The molecule has 1 aromatic rings. The third-order valence-corrected chi connectivity index (χ3v) is 2.89. The molecule has 0 atom stereocenters. The summed E-state index contributed by atoms with van der Waals surface area (Å²) >= 11 is 0. The molecule has 0 bridgehead atoms. The van der Waals surface area contributed by atoms with E-state index in [1.54, 1.807) is 6.07 Å². The SMILES string of the molecule is CCCCOCCOC(=O)OOOC(=O)c1cc(OC)cc(OC)c1. The van der Waals surface area contributed by atoms with Gasteiger partial charge in [-0.3, -0.25) is 4.89 Å². The van der Waals surface area contributed by atoms with Crippen molar-refractivity contribution in [3.05, 3.63) is 23.8 Å². The molecule has 0 amide bonds. The van der Waals surface area contributed by atoms with Crippen molar-refractivity contribution in [2.75, 3.05) is 34.0 Å². The van der Waals surface area contributed by atoms with Crippen LogP contribution >= 0.6 is 0 Å². The summed E-state index contributed by atoms with van der Waals surface area (Å²) in [6.45, 7) is 2.86. The lowest BCUT2D eigenvalue weighted by atomic mass is 10.2. The second-order valence-corrected chi connectivity index (χ2v) is 4.69. The van der Waals surface area contributed by atoms with E-state index in [4.69, 9.17) is 14.2 Å². The highest BCUT2D eigenvalue weighted by atomic mass is 17.5. The largest absolute Gasteiger partial charge is 0.543 e. The number of unbranched alkanes of at least 4 members (excludes halogenated alkanes) is 1. The second-order valence-electron chi connectivity index (χ2n) is 4.69. The average Bonchev–Trinajstić information content (AvgIpc) is 2.63. The first-order chi connectivity index (χ1) is 12.1. The number of hydrogen-bond acceptors (Lipinski definition) is 9. The van der Waals surface area contributed by atoms with E-state index in [-0.39, 0.29) is 18.8 Å². The molecule has 0 fully saturated rings. The lowest BCUT2D eigenvalue weighted by Gasteiger charge is -2.07. The molecule has 0 heterocycles. The molecule has 0 aliphatic carbocycles. The Morgan fingerprint density at radius 1 is 0.920 bits per heavy atom. The van der Waals surface area contributed by atoms with Gasteiger partial charge < -0.3 is 18.9 Å². The molecule has 0 radical (unpaired) electrons. The van der Waals surface area contributed by atoms with Gasteiger partial charge in [-0.05, 0) is 18.6 Å². The molecule has 140 valence electrons. The Morgan fingerprint density at radius 3 is 2.20 bits per heavy atom. The van der Waals surface area contributed by atoms with E-state index in [1.807, 2.05) is 6.92 Å². The van der Waals surface area contributed by atoms with Crippen LogP contribution in [0.2, 0.25) is 0 Å². The molecule has 1 rings (SSSR count). The minimum atomic E-state index is -1.16. The van der Waals surface area contributed by atoms with Gasteiger partial charge in [0.2, 0.25) is 0 Å². The van der Waals surface area contributed by atoms with Crippen molar-refractivity contribution < 1.29 is 43.3 Å². The number of methoxy groups -OCH3 is 2. The van der Waals surface area contributed by atoms with Gasteiger partial charge in [0, 0.05) is 12.7 Å². The molecule has 1 aromatic carbocycles. The van der Waals surface area contributed by atoms with Crippen molar-refractivity contribution in [2.45, 2.75) is 19.8 Å². The van der Waals surface area contributed by atoms with Crippen molar-refractivity contribution in [1.29, 1.82) is 0 Å². The second kappa shape index (κ2) is 11.9. The van der Waals surface area contributed by atoms with Crippen LogP contribution in [0.5, 0.6) is 11.5 Å². The maximum absolute atomic E-state index is 11.8. The highest BCUT2D eigenvalue weighted by Gasteiger charge is 2.14. The molecule has 0 spiro atoms. The van der Waals surface area contributed by atoms with Crippen LogP contribution in [0.25, 0.3) is 0 Å². The highest BCUT2D eigenvalue weighted by Crippen LogP contribution is 2.23. The molecule has 0 aliphatic heterocycles. The van der Waals surface area contributed by atoms with E-state index in [1.165, 1.54) is 26.4 Å². The molecule has 9 nitrogen and oxygen atoms in total. The van der Waals surface area contributed by atoms with Crippen LogP contribution in [0.3, 0.4) is 0 Å². The summed E-state index contributed by atoms with van der Waals surface area (Å²) in [6, 6.07) is 4.38.